The fourth-order valence-electron chi connectivity index (χ4n) is 2.77. The zero-order valence-corrected chi connectivity index (χ0v) is 16.6. The first kappa shape index (κ1) is 19.4. The van der Waals surface area contributed by atoms with Crippen LogP contribution in [0.5, 0.6) is 0 Å². The van der Waals surface area contributed by atoms with Crippen molar-refractivity contribution in [3.05, 3.63) is 45.0 Å². The van der Waals surface area contributed by atoms with Gasteiger partial charge in [-0.15, -0.1) is 0 Å². The van der Waals surface area contributed by atoms with Crippen LogP contribution in [0.1, 0.15) is 35.2 Å². The Morgan fingerprint density at radius 1 is 1.26 bits per heavy atom. The van der Waals surface area contributed by atoms with E-state index in [-0.39, 0.29) is 17.7 Å². The van der Waals surface area contributed by atoms with Crippen molar-refractivity contribution in [2.75, 3.05) is 12.3 Å². The number of unbranched alkanes of at least 4 members (excludes halogenated alkanes) is 1. The Hall–Kier alpha value is -2.33. The number of hydrogen-bond donors (Lipinski definition) is 2. The number of nitrogens with zero attached hydrogens (tertiary/aromatic N) is 4. The number of aliphatic hydroxyl groups excluding tert-OH is 1. The number of aromatic nitrogens is 4. The molecule has 0 radical (unpaired) electrons. The second-order valence-corrected chi connectivity index (χ2v) is 6.93. The highest BCUT2D eigenvalue weighted by atomic mass is 35.5. The predicted octanol–water partition coefficient (Wildman–Crippen LogP) is 3.50. The minimum Gasteiger partial charge on any atom is -0.396 e. The van der Waals surface area contributed by atoms with Gasteiger partial charge in [0.2, 0.25) is 5.95 Å². The average Bonchev–Trinajstić information content (AvgIpc) is 2.97. The third-order valence-electron chi connectivity index (χ3n) is 4.21. The van der Waals surface area contributed by atoms with E-state index in [1.807, 2.05) is 24.6 Å². The molecule has 0 saturated heterocycles. The highest BCUT2D eigenvalue weighted by Gasteiger charge is 2.16. The standard InChI is InChI=1S/C19H19Cl2N5O/c1-11-8-23-14(12(2)16(11)20)10-26-9-13(6-4-3-5-7-27)15-17(21)24-19(22)25-18(15)26/h8-9,27H,3,5,7,10H2,1-2H3,(H2,22,24,25). The molecule has 0 atom stereocenters. The Kier molecular flexibility index (Phi) is 5.85. The van der Waals surface area contributed by atoms with E-state index in [0.29, 0.717) is 41.0 Å². The van der Waals surface area contributed by atoms with E-state index in [2.05, 4.69) is 26.8 Å². The molecule has 27 heavy (non-hydrogen) atoms. The van der Waals surface area contributed by atoms with E-state index in [1.54, 1.807) is 6.20 Å². The summed E-state index contributed by atoms with van der Waals surface area (Å²) in [5, 5.41) is 10.5. The molecule has 0 aromatic carbocycles. The lowest BCUT2D eigenvalue weighted by Gasteiger charge is -2.10. The van der Waals surface area contributed by atoms with Crippen LogP contribution in [0, 0.1) is 25.7 Å². The van der Waals surface area contributed by atoms with Crippen LogP contribution in [0.15, 0.2) is 12.4 Å². The summed E-state index contributed by atoms with van der Waals surface area (Å²) in [5.41, 5.74) is 9.77. The molecule has 3 aromatic heterocycles. The molecular formula is C19H19Cl2N5O. The number of aliphatic hydroxyl groups is 1. The first-order chi connectivity index (χ1) is 12.9. The lowest BCUT2D eigenvalue weighted by atomic mass is 10.1. The van der Waals surface area contributed by atoms with Gasteiger partial charge in [-0.3, -0.25) is 4.98 Å². The SMILES string of the molecule is Cc1cnc(Cn2cc(C#CCCCO)c3c(Cl)nc(N)nc32)c(C)c1Cl. The Balaban J connectivity index is 2.10. The fourth-order valence-corrected chi connectivity index (χ4v) is 3.20. The van der Waals surface area contributed by atoms with Crippen LogP contribution in [0.4, 0.5) is 5.95 Å². The van der Waals surface area contributed by atoms with Crippen LogP contribution >= 0.6 is 23.2 Å². The van der Waals surface area contributed by atoms with Gasteiger partial charge in [-0.05, 0) is 31.4 Å². The van der Waals surface area contributed by atoms with E-state index in [4.69, 9.17) is 34.0 Å². The lowest BCUT2D eigenvalue weighted by Crippen LogP contribution is -2.06. The molecule has 3 aromatic rings. The van der Waals surface area contributed by atoms with Gasteiger partial charge in [0.15, 0.2) is 0 Å². The zero-order valence-electron chi connectivity index (χ0n) is 15.1. The number of nitrogen functional groups attached to an aromatic ring is 1. The maximum Gasteiger partial charge on any atom is 0.223 e. The van der Waals surface area contributed by atoms with Gasteiger partial charge in [0.1, 0.15) is 10.8 Å². The summed E-state index contributed by atoms with van der Waals surface area (Å²) in [5.74, 6) is 6.22. The summed E-state index contributed by atoms with van der Waals surface area (Å²) >= 11 is 12.7. The van der Waals surface area contributed by atoms with Crippen LogP contribution in [0.2, 0.25) is 10.2 Å². The number of aryl methyl sites for hydroxylation is 1. The van der Waals surface area contributed by atoms with Crippen LogP contribution in [0.3, 0.4) is 0 Å². The number of fused-ring (bicyclic) bond motifs is 1. The second-order valence-electron chi connectivity index (χ2n) is 6.20. The molecule has 3 N–H and O–H groups in total. The number of anilines is 1. The number of rotatable bonds is 4. The molecule has 0 amide bonds. The number of halogens is 2. The smallest absolute Gasteiger partial charge is 0.223 e. The molecule has 0 aliphatic heterocycles. The lowest BCUT2D eigenvalue weighted by molar-refractivity contribution is 0.290. The highest BCUT2D eigenvalue weighted by molar-refractivity contribution is 6.34. The highest BCUT2D eigenvalue weighted by Crippen LogP contribution is 2.28. The van der Waals surface area contributed by atoms with Gasteiger partial charge in [0.25, 0.3) is 0 Å². The molecule has 6 nitrogen and oxygen atoms in total. The summed E-state index contributed by atoms with van der Waals surface area (Å²) in [6.07, 6.45) is 4.83. The minimum absolute atomic E-state index is 0.0956. The van der Waals surface area contributed by atoms with Crippen molar-refractivity contribution in [1.82, 2.24) is 19.5 Å². The third-order valence-corrected chi connectivity index (χ3v) is 5.07. The quantitative estimate of drug-likeness (QED) is 0.395. The van der Waals surface area contributed by atoms with Crippen molar-refractivity contribution in [2.24, 2.45) is 0 Å². The van der Waals surface area contributed by atoms with Gasteiger partial charge >= 0.3 is 0 Å². The van der Waals surface area contributed by atoms with E-state index in [1.165, 1.54) is 0 Å². The van der Waals surface area contributed by atoms with Crippen molar-refractivity contribution < 1.29 is 5.11 Å². The van der Waals surface area contributed by atoms with Crippen molar-refractivity contribution >= 4 is 40.2 Å². The number of hydrogen-bond acceptors (Lipinski definition) is 5. The number of pyridine rings is 1. The van der Waals surface area contributed by atoms with Crippen LogP contribution < -0.4 is 5.73 Å². The molecule has 3 rings (SSSR count). The fraction of sp³-hybridized carbons (Fsp3) is 0.316. The van der Waals surface area contributed by atoms with Gasteiger partial charge in [-0.1, -0.05) is 35.0 Å². The summed E-state index contributed by atoms with van der Waals surface area (Å²) in [6.45, 7) is 4.42. The normalized spacial score (nSPS) is 10.9. The molecule has 0 saturated carbocycles. The summed E-state index contributed by atoms with van der Waals surface area (Å²) in [6, 6.07) is 0. The van der Waals surface area contributed by atoms with Gasteiger partial charge < -0.3 is 15.4 Å². The van der Waals surface area contributed by atoms with E-state index in [9.17, 15) is 0 Å². The van der Waals surface area contributed by atoms with Crippen LogP contribution in [-0.2, 0) is 6.54 Å². The average molecular weight is 404 g/mol. The molecule has 0 fully saturated rings. The Labute approximate surface area is 167 Å². The first-order valence-electron chi connectivity index (χ1n) is 8.44. The van der Waals surface area contributed by atoms with Crippen molar-refractivity contribution in [3.63, 3.8) is 0 Å². The predicted molar refractivity (Wildman–Crippen MR) is 108 cm³/mol. The molecule has 8 heteroatoms. The molecule has 0 aliphatic rings. The van der Waals surface area contributed by atoms with Gasteiger partial charge in [0.05, 0.1) is 23.2 Å². The Morgan fingerprint density at radius 3 is 2.78 bits per heavy atom. The van der Waals surface area contributed by atoms with Gasteiger partial charge in [0, 0.05) is 30.4 Å². The topological polar surface area (TPSA) is 89.8 Å². The molecule has 0 unspecified atom stereocenters. The largest absolute Gasteiger partial charge is 0.396 e. The summed E-state index contributed by atoms with van der Waals surface area (Å²) < 4.78 is 1.90. The summed E-state index contributed by atoms with van der Waals surface area (Å²) in [7, 11) is 0. The van der Waals surface area contributed by atoms with Gasteiger partial charge in [-0.2, -0.15) is 4.98 Å². The third kappa shape index (κ3) is 4.01. The van der Waals surface area contributed by atoms with E-state index in [0.717, 1.165) is 16.8 Å². The van der Waals surface area contributed by atoms with Crippen LogP contribution in [-0.4, -0.2) is 31.2 Å². The maximum atomic E-state index is 8.90. The maximum absolute atomic E-state index is 8.90. The zero-order chi connectivity index (χ0) is 19.6. The van der Waals surface area contributed by atoms with Crippen molar-refractivity contribution in [2.45, 2.75) is 33.2 Å². The molecule has 3 heterocycles. The minimum atomic E-state index is 0.0956. The second kappa shape index (κ2) is 8.13. The van der Waals surface area contributed by atoms with E-state index < -0.39 is 0 Å². The Bertz CT molecular complexity index is 1070. The first-order valence-corrected chi connectivity index (χ1v) is 9.20. The summed E-state index contributed by atoms with van der Waals surface area (Å²) in [4.78, 5) is 12.9. The van der Waals surface area contributed by atoms with E-state index >= 15 is 0 Å². The molecule has 0 bridgehead atoms. The number of nitrogens with two attached hydrogens (primary N) is 1. The molecular weight excluding hydrogens is 385 g/mol. The van der Waals surface area contributed by atoms with Crippen LogP contribution in [0.25, 0.3) is 11.0 Å². The molecule has 0 aliphatic carbocycles. The van der Waals surface area contributed by atoms with Crippen molar-refractivity contribution in [3.8, 4) is 11.8 Å². The Morgan fingerprint density at radius 2 is 2.04 bits per heavy atom. The monoisotopic (exact) mass is 403 g/mol. The van der Waals surface area contributed by atoms with Crippen molar-refractivity contribution in [1.29, 1.82) is 0 Å². The van der Waals surface area contributed by atoms with Gasteiger partial charge in [-0.25, -0.2) is 4.98 Å². The molecule has 140 valence electrons. The molecule has 0 spiro atoms.